The van der Waals surface area contributed by atoms with E-state index >= 15 is 0 Å². The fourth-order valence-electron chi connectivity index (χ4n) is 4.63. The average molecular weight is 388 g/mol. The molecule has 2 atom stereocenters. The van der Waals surface area contributed by atoms with Crippen LogP contribution in [0.4, 0.5) is 11.4 Å². The maximum Gasteiger partial charge on any atom is 0.295 e. The summed E-state index contributed by atoms with van der Waals surface area (Å²) in [5.74, 6) is -1.16. The Morgan fingerprint density at radius 3 is 2.45 bits per heavy atom. The highest BCUT2D eigenvalue weighted by Crippen LogP contribution is 2.40. The number of carbonyl (C=O) groups excluding carboxylic acids is 2. The molecule has 2 fully saturated rings. The number of piperidine rings is 1. The Bertz CT molecular complexity index is 1070. The molecular weight excluding hydrogens is 364 g/mol. The summed E-state index contributed by atoms with van der Waals surface area (Å²) in [5, 5.41) is 0. The molecule has 1 aromatic heterocycles. The molecule has 0 aliphatic carbocycles. The number of nitrogens with zero attached hydrogens (tertiary/aromatic N) is 3. The van der Waals surface area contributed by atoms with Crippen LogP contribution in [0.5, 0.6) is 0 Å². The molecule has 148 valence electrons. The number of aromatic amines is 1. The first kappa shape index (κ1) is 17.9. The van der Waals surface area contributed by atoms with Gasteiger partial charge in [-0.15, -0.1) is 0 Å². The largest absolute Gasteiger partial charge is 0.372 e. The van der Waals surface area contributed by atoms with Gasteiger partial charge in [-0.25, -0.2) is 4.98 Å². The lowest BCUT2D eigenvalue weighted by atomic mass is 9.94. The summed E-state index contributed by atoms with van der Waals surface area (Å²) in [7, 11) is 0. The molecule has 3 aromatic rings. The number of fused-ring (bicyclic) bond motifs is 1. The summed E-state index contributed by atoms with van der Waals surface area (Å²) in [6.45, 7) is 4.02. The first-order valence-electron chi connectivity index (χ1n) is 10.3. The number of anilines is 2. The average Bonchev–Trinajstić information content (AvgIpc) is 3.32. The van der Waals surface area contributed by atoms with Gasteiger partial charge in [0.15, 0.2) is 0 Å². The molecule has 0 radical (unpaired) electrons. The molecule has 29 heavy (non-hydrogen) atoms. The summed E-state index contributed by atoms with van der Waals surface area (Å²) in [6.07, 6.45) is 5.39. The third-order valence-corrected chi connectivity index (χ3v) is 6.23. The maximum atomic E-state index is 12.8. The van der Waals surface area contributed by atoms with Crippen molar-refractivity contribution in [2.75, 3.05) is 22.9 Å². The summed E-state index contributed by atoms with van der Waals surface area (Å²) in [5.41, 5.74) is 4.60. The van der Waals surface area contributed by atoms with E-state index in [2.05, 4.69) is 39.1 Å². The van der Waals surface area contributed by atoms with E-state index in [1.54, 1.807) is 11.2 Å². The molecule has 5 rings (SSSR count). The lowest BCUT2D eigenvalue weighted by Gasteiger charge is -2.30. The zero-order valence-corrected chi connectivity index (χ0v) is 16.5. The molecule has 1 amide bonds. The fourth-order valence-corrected chi connectivity index (χ4v) is 4.63. The number of benzene rings is 2. The van der Waals surface area contributed by atoms with Gasteiger partial charge in [0.05, 0.1) is 23.4 Å². The lowest BCUT2D eigenvalue weighted by Crippen LogP contribution is -2.30. The van der Waals surface area contributed by atoms with E-state index in [1.807, 2.05) is 25.1 Å². The van der Waals surface area contributed by atoms with Crippen LogP contribution in [0.1, 0.15) is 37.8 Å². The van der Waals surface area contributed by atoms with Crippen LogP contribution in [0.25, 0.3) is 11.0 Å². The smallest absolute Gasteiger partial charge is 0.295 e. The monoisotopic (exact) mass is 388 g/mol. The van der Waals surface area contributed by atoms with Crippen LogP contribution in [-0.2, 0) is 9.59 Å². The van der Waals surface area contributed by atoms with Crippen molar-refractivity contribution in [3.8, 4) is 0 Å². The first-order chi connectivity index (χ1) is 14.1. The molecule has 3 heterocycles. The number of carbonyl (C=O) groups is 2. The summed E-state index contributed by atoms with van der Waals surface area (Å²) < 4.78 is 0. The Kier molecular flexibility index (Phi) is 4.34. The molecule has 2 aliphatic rings. The third-order valence-electron chi connectivity index (χ3n) is 6.23. The van der Waals surface area contributed by atoms with E-state index in [0.29, 0.717) is 0 Å². The van der Waals surface area contributed by atoms with E-state index in [9.17, 15) is 9.59 Å². The number of ketones is 1. The van der Waals surface area contributed by atoms with Gasteiger partial charge in [0.1, 0.15) is 0 Å². The molecule has 2 unspecified atom stereocenters. The molecule has 6 heteroatoms. The van der Waals surface area contributed by atoms with E-state index in [-0.39, 0.29) is 17.7 Å². The van der Waals surface area contributed by atoms with E-state index in [1.165, 1.54) is 24.9 Å². The van der Waals surface area contributed by atoms with Crippen molar-refractivity contribution in [1.29, 1.82) is 0 Å². The minimum absolute atomic E-state index is 0.300. The summed E-state index contributed by atoms with van der Waals surface area (Å²) in [6, 6.07) is 13.7. The predicted octanol–water partition coefficient (Wildman–Crippen LogP) is 3.85. The Morgan fingerprint density at radius 2 is 1.69 bits per heavy atom. The van der Waals surface area contributed by atoms with Gasteiger partial charge in [-0.05, 0) is 55.2 Å². The quantitative estimate of drug-likeness (QED) is 0.692. The Hall–Kier alpha value is -3.15. The second-order valence-corrected chi connectivity index (χ2v) is 8.02. The molecule has 2 saturated heterocycles. The number of rotatable bonds is 3. The van der Waals surface area contributed by atoms with Crippen molar-refractivity contribution in [3.05, 3.63) is 54.4 Å². The van der Waals surface area contributed by atoms with Gasteiger partial charge in [-0.2, -0.15) is 0 Å². The van der Waals surface area contributed by atoms with E-state index < -0.39 is 5.91 Å². The van der Waals surface area contributed by atoms with E-state index in [4.69, 9.17) is 0 Å². The Morgan fingerprint density at radius 1 is 0.966 bits per heavy atom. The van der Waals surface area contributed by atoms with Crippen LogP contribution in [-0.4, -0.2) is 34.7 Å². The van der Waals surface area contributed by atoms with Crippen LogP contribution in [0, 0.1) is 5.92 Å². The SMILES string of the molecule is CC1C(=O)C(=O)N(c2ccc3nc[nH]c3c2)C1c1ccc(N2CCCCC2)cc1. The summed E-state index contributed by atoms with van der Waals surface area (Å²) >= 11 is 0. The normalized spacial score (nSPS) is 22.7. The Balaban J connectivity index is 1.50. The van der Waals surface area contributed by atoms with Gasteiger partial charge in [-0.1, -0.05) is 19.1 Å². The van der Waals surface area contributed by atoms with E-state index in [0.717, 1.165) is 35.4 Å². The molecule has 6 nitrogen and oxygen atoms in total. The van der Waals surface area contributed by atoms with Crippen molar-refractivity contribution in [2.24, 2.45) is 5.92 Å². The minimum atomic E-state index is -0.443. The molecule has 1 N–H and O–H groups in total. The van der Waals surface area contributed by atoms with Crippen LogP contribution in [0.2, 0.25) is 0 Å². The van der Waals surface area contributed by atoms with Crippen molar-refractivity contribution >= 4 is 34.1 Å². The first-order valence-corrected chi connectivity index (χ1v) is 10.3. The van der Waals surface area contributed by atoms with Gasteiger partial charge in [-0.3, -0.25) is 14.5 Å². The van der Waals surface area contributed by atoms with Crippen LogP contribution in [0.15, 0.2) is 48.8 Å². The van der Waals surface area contributed by atoms with Crippen LogP contribution >= 0.6 is 0 Å². The second-order valence-electron chi connectivity index (χ2n) is 8.02. The van der Waals surface area contributed by atoms with Gasteiger partial charge in [0.25, 0.3) is 5.91 Å². The van der Waals surface area contributed by atoms with Crippen LogP contribution < -0.4 is 9.80 Å². The molecule has 0 saturated carbocycles. The number of hydrogen-bond acceptors (Lipinski definition) is 4. The number of H-pyrrole nitrogens is 1. The highest BCUT2D eigenvalue weighted by molar-refractivity contribution is 6.44. The number of nitrogens with one attached hydrogen (secondary N) is 1. The number of aromatic nitrogens is 2. The second kappa shape index (κ2) is 7.03. The molecule has 2 aliphatic heterocycles. The molecule has 2 aromatic carbocycles. The van der Waals surface area contributed by atoms with Crippen molar-refractivity contribution in [1.82, 2.24) is 9.97 Å². The predicted molar refractivity (Wildman–Crippen MR) is 113 cm³/mol. The van der Waals surface area contributed by atoms with Crippen LogP contribution in [0.3, 0.4) is 0 Å². The van der Waals surface area contributed by atoms with Gasteiger partial charge in [0, 0.05) is 30.4 Å². The van der Waals surface area contributed by atoms with Crippen molar-refractivity contribution in [3.63, 3.8) is 0 Å². The van der Waals surface area contributed by atoms with Gasteiger partial charge >= 0.3 is 0 Å². The number of amides is 1. The van der Waals surface area contributed by atoms with Gasteiger partial charge < -0.3 is 9.88 Å². The van der Waals surface area contributed by atoms with Crippen molar-refractivity contribution < 1.29 is 9.59 Å². The Labute approximate surface area is 169 Å². The topological polar surface area (TPSA) is 69.3 Å². The lowest BCUT2D eigenvalue weighted by molar-refractivity contribution is -0.135. The molecule has 0 spiro atoms. The maximum absolute atomic E-state index is 12.8. The highest BCUT2D eigenvalue weighted by Gasteiger charge is 2.46. The third kappa shape index (κ3) is 2.99. The molecule has 0 bridgehead atoms. The number of hydrogen-bond donors (Lipinski definition) is 1. The van der Waals surface area contributed by atoms with Gasteiger partial charge in [0.2, 0.25) is 5.78 Å². The minimum Gasteiger partial charge on any atom is -0.372 e. The standard InChI is InChI=1S/C23H24N4O2/c1-15-21(16-5-7-17(8-6-16)26-11-3-2-4-12-26)27(23(29)22(15)28)18-9-10-19-20(13-18)25-14-24-19/h5-10,13-15,21H,2-4,11-12H2,1H3,(H,24,25). The zero-order valence-electron chi connectivity index (χ0n) is 16.5. The summed E-state index contributed by atoms with van der Waals surface area (Å²) in [4.78, 5) is 36.8. The van der Waals surface area contributed by atoms with Crippen molar-refractivity contribution in [2.45, 2.75) is 32.2 Å². The zero-order chi connectivity index (χ0) is 20.0. The fraction of sp³-hybridized carbons (Fsp3) is 0.348. The molecular formula is C23H24N4O2. The number of imidazole rings is 1. The number of Topliss-reactive ketones (excluding diaryl/α,β-unsaturated/α-hetero) is 1. The highest BCUT2D eigenvalue weighted by atomic mass is 16.2.